The van der Waals surface area contributed by atoms with E-state index in [-0.39, 0.29) is 53.2 Å². The van der Waals surface area contributed by atoms with E-state index in [0.29, 0.717) is 22.1 Å². The molecule has 4 aliphatic rings. The largest absolute Gasteiger partial charge is 0.458 e. The van der Waals surface area contributed by atoms with Crippen LogP contribution in [0.25, 0.3) is 22.3 Å². The lowest BCUT2D eigenvalue weighted by Gasteiger charge is -2.46. The molecular weight excluding hydrogens is 546 g/mol. The highest BCUT2D eigenvalue weighted by atomic mass is 19.4. The quantitative estimate of drug-likeness (QED) is 0.245. The van der Waals surface area contributed by atoms with Gasteiger partial charge in [0.25, 0.3) is 5.56 Å². The normalized spacial score (nSPS) is 26.3. The molecule has 2 N–H and O–H groups in total. The van der Waals surface area contributed by atoms with Crippen molar-refractivity contribution >= 4 is 22.8 Å². The number of nitrogens with one attached hydrogen (secondary N) is 1. The number of nitrogens with zero attached hydrogens (tertiary/aromatic N) is 2. The van der Waals surface area contributed by atoms with Crippen LogP contribution in [0, 0.1) is 29.5 Å². The molecule has 41 heavy (non-hydrogen) atoms. The summed E-state index contributed by atoms with van der Waals surface area (Å²) in [6.07, 6.45) is -6.80. The number of esters is 1. The minimum Gasteiger partial charge on any atom is -0.458 e. The Hall–Kier alpha value is -3.80. The molecule has 0 radical (unpaired) electrons. The van der Waals surface area contributed by atoms with Gasteiger partial charge in [0.2, 0.25) is 5.91 Å². The molecule has 214 valence electrons. The molecule has 4 atom stereocenters. The van der Waals surface area contributed by atoms with Crippen molar-refractivity contribution in [3.63, 3.8) is 0 Å². The molecule has 2 aromatic heterocycles. The number of aromatic nitrogens is 2. The Morgan fingerprint density at radius 3 is 2.49 bits per heavy atom. The van der Waals surface area contributed by atoms with E-state index in [4.69, 9.17) is 4.74 Å². The van der Waals surface area contributed by atoms with Crippen LogP contribution in [0.5, 0.6) is 0 Å². The van der Waals surface area contributed by atoms with E-state index >= 15 is 17.6 Å². The summed E-state index contributed by atoms with van der Waals surface area (Å²) in [5.41, 5.74) is -2.68. The number of alkyl halides is 3. The third-order valence-electron chi connectivity index (χ3n) is 9.58. The molecule has 7 rings (SSSR count). The summed E-state index contributed by atoms with van der Waals surface area (Å²) in [7, 11) is 0. The van der Waals surface area contributed by atoms with Crippen LogP contribution in [-0.2, 0) is 33.9 Å². The number of ether oxygens (including phenoxy) is 1. The van der Waals surface area contributed by atoms with E-state index in [9.17, 15) is 19.5 Å². The maximum Gasteiger partial charge on any atom is 0.404 e. The van der Waals surface area contributed by atoms with Gasteiger partial charge in [-0.2, -0.15) is 13.2 Å². The molecule has 1 aromatic carbocycles. The number of hydrogen-bond acceptors (Lipinski definition) is 6. The molecular formula is C29H25F4N3O5. The van der Waals surface area contributed by atoms with Crippen molar-refractivity contribution in [2.24, 2.45) is 16.7 Å². The van der Waals surface area contributed by atoms with Crippen molar-refractivity contribution in [2.45, 2.75) is 65.6 Å². The predicted molar refractivity (Wildman–Crippen MR) is 136 cm³/mol. The Kier molecular flexibility index (Phi) is 4.92. The Morgan fingerprint density at radius 1 is 1.12 bits per heavy atom. The number of aliphatic hydroxyl groups excluding tert-OH is 1. The third-order valence-corrected chi connectivity index (χ3v) is 9.58. The third kappa shape index (κ3) is 2.98. The fourth-order valence-corrected chi connectivity index (χ4v) is 7.77. The Labute approximate surface area is 230 Å². The monoisotopic (exact) mass is 571 g/mol. The van der Waals surface area contributed by atoms with Gasteiger partial charge in [0.05, 0.1) is 35.1 Å². The smallest absolute Gasteiger partial charge is 0.404 e. The number of rotatable bonds is 0. The number of hydrogen-bond donors (Lipinski definition) is 2. The minimum absolute atomic E-state index is 0.0625. The van der Waals surface area contributed by atoms with Crippen LogP contribution in [0.1, 0.15) is 66.3 Å². The van der Waals surface area contributed by atoms with Gasteiger partial charge in [0.15, 0.2) is 11.5 Å². The molecule has 1 fully saturated rings. The Bertz CT molecular complexity index is 1810. The second kappa shape index (κ2) is 7.72. The van der Waals surface area contributed by atoms with Crippen LogP contribution in [0.15, 0.2) is 16.9 Å². The fraction of sp³-hybridized carbons (Fsp3) is 0.448. The molecule has 0 spiro atoms. The summed E-state index contributed by atoms with van der Waals surface area (Å²) in [4.78, 5) is 43.7. The molecule has 12 heteroatoms. The van der Waals surface area contributed by atoms with Crippen LogP contribution >= 0.6 is 0 Å². The summed E-state index contributed by atoms with van der Waals surface area (Å²) in [6.45, 7) is 5.26. The van der Waals surface area contributed by atoms with Crippen LogP contribution in [0.4, 0.5) is 17.6 Å². The average Bonchev–Trinajstić information content (AvgIpc) is 3.39. The average molecular weight is 572 g/mol. The van der Waals surface area contributed by atoms with Crippen LogP contribution < -0.4 is 10.9 Å². The summed E-state index contributed by atoms with van der Waals surface area (Å²) in [6, 6.07) is 1.59. The van der Waals surface area contributed by atoms with Crippen LogP contribution in [0.2, 0.25) is 0 Å². The molecule has 8 nitrogen and oxygen atoms in total. The first kappa shape index (κ1) is 26.1. The number of carbonyl (C=O) groups is 2. The van der Waals surface area contributed by atoms with E-state index in [1.54, 1.807) is 0 Å². The maximum absolute atomic E-state index is 15.3. The summed E-state index contributed by atoms with van der Waals surface area (Å²) < 4.78 is 66.9. The minimum atomic E-state index is -4.91. The maximum atomic E-state index is 15.3. The molecule has 0 saturated carbocycles. The second-order valence-electron chi connectivity index (χ2n) is 12.4. The number of benzene rings is 1. The first-order valence-electron chi connectivity index (χ1n) is 13.2. The first-order chi connectivity index (χ1) is 19.1. The molecule has 3 aliphatic heterocycles. The van der Waals surface area contributed by atoms with Gasteiger partial charge < -0.3 is 19.7 Å². The summed E-state index contributed by atoms with van der Waals surface area (Å²) in [5, 5.41) is 13.6. The molecule has 1 aliphatic carbocycles. The lowest BCUT2D eigenvalue weighted by atomic mass is 9.55. The predicted octanol–water partition coefficient (Wildman–Crippen LogP) is 3.90. The number of pyridine rings is 2. The highest BCUT2D eigenvalue weighted by molar-refractivity contribution is 5.96. The van der Waals surface area contributed by atoms with Gasteiger partial charge in [0.1, 0.15) is 12.4 Å². The zero-order valence-corrected chi connectivity index (χ0v) is 22.5. The van der Waals surface area contributed by atoms with E-state index < -0.39 is 58.3 Å². The summed E-state index contributed by atoms with van der Waals surface area (Å²) in [5.74, 6) is -3.99. The van der Waals surface area contributed by atoms with Crippen molar-refractivity contribution in [3.8, 4) is 11.4 Å². The van der Waals surface area contributed by atoms with Crippen molar-refractivity contribution in [1.82, 2.24) is 14.9 Å². The Balaban J connectivity index is 1.55. The van der Waals surface area contributed by atoms with Crippen molar-refractivity contribution in [2.75, 3.05) is 0 Å². The lowest BCUT2D eigenvalue weighted by Crippen LogP contribution is -2.57. The highest BCUT2D eigenvalue weighted by Gasteiger charge is 2.75. The fourth-order valence-electron chi connectivity index (χ4n) is 7.77. The number of aliphatic hydroxyl groups is 1. The van der Waals surface area contributed by atoms with Crippen molar-refractivity contribution < 1.29 is 37.0 Å². The SMILES string of the molecule is Cc1c(F)cc2nc3c(c4c2c1C[C@H]1[C@@H]4NC(=O)C1(C(C)(C)C)C(F)(F)F)Cn1c-3cc2c(c1=O)COC(=O)[C@H]2O. The van der Waals surface area contributed by atoms with Gasteiger partial charge in [-0.3, -0.25) is 9.59 Å². The molecule has 1 amide bonds. The number of halogens is 4. The number of fused-ring (bicyclic) bond motifs is 7. The highest BCUT2D eigenvalue weighted by Crippen LogP contribution is 2.65. The zero-order chi connectivity index (χ0) is 29.5. The second-order valence-corrected chi connectivity index (χ2v) is 12.4. The Morgan fingerprint density at radius 2 is 1.83 bits per heavy atom. The first-order valence-corrected chi connectivity index (χ1v) is 13.2. The standard InChI is InChI=1S/C29H25F4N3O5/c1-10-11-5-15-22(35-26(40)28(15,27(2,3)4)29(31,32)33)20-13-8-36-18(21(13)34-17(19(11)20)7-16(10)30)6-12-14(24(36)38)9-41-25(39)23(12)37/h6-7,15,22-23,37H,5,8-9H2,1-4H3,(H,35,40)/t15-,22-,23-,28?/m0/s1. The van der Waals surface area contributed by atoms with Gasteiger partial charge in [-0.15, -0.1) is 0 Å². The number of amides is 1. The van der Waals surface area contributed by atoms with Gasteiger partial charge in [-0.05, 0) is 41.5 Å². The topological polar surface area (TPSA) is 111 Å². The van der Waals surface area contributed by atoms with E-state index in [2.05, 4.69) is 10.3 Å². The molecule has 3 aromatic rings. The number of cyclic esters (lactones) is 1. The van der Waals surface area contributed by atoms with Gasteiger partial charge in [-0.25, -0.2) is 14.2 Å². The van der Waals surface area contributed by atoms with Gasteiger partial charge in [-0.1, -0.05) is 20.8 Å². The van der Waals surface area contributed by atoms with Gasteiger partial charge >= 0.3 is 12.1 Å². The summed E-state index contributed by atoms with van der Waals surface area (Å²) >= 11 is 0. The molecule has 5 heterocycles. The lowest BCUT2D eigenvalue weighted by molar-refractivity contribution is -0.260. The van der Waals surface area contributed by atoms with Gasteiger partial charge in [0, 0.05) is 28.5 Å². The van der Waals surface area contributed by atoms with Crippen molar-refractivity contribution in [3.05, 3.63) is 61.7 Å². The zero-order valence-electron chi connectivity index (χ0n) is 22.5. The van der Waals surface area contributed by atoms with Crippen LogP contribution in [0.3, 0.4) is 0 Å². The number of carbonyl (C=O) groups excluding carboxylic acids is 2. The van der Waals surface area contributed by atoms with Crippen molar-refractivity contribution in [1.29, 1.82) is 0 Å². The van der Waals surface area contributed by atoms with E-state index in [1.165, 1.54) is 44.4 Å². The molecule has 0 bridgehead atoms. The molecule has 1 unspecified atom stereocenters. The van der Waals surface area contributed by atoms with E-state index in [0.717, 1.165) is 0 Å². The molecule has 1 saturated heterocycles. The van der Waals surface area contributed by atoms with E-state index in [1.807, 2.05) is 0 Å². The van der Waals surface area contributed by atoms with Crippen LogP contribution in [-0.4, -0.2) is 32.7 Å².